The second-order valence-electron chi connectivity index (χ2n) is 8.87. The van der Waals surface area contributed by atoms with Crippen molar-refractivity contribution in [3.05, 3.63) is 95.3 Å². The van der Waals surface area contributed by atoms with Crippen LogP contribution in [0.2, 0.25) is 0 Å². The molecule has 168 valence electrons. The SMILES string of the molecule is CC(=O)N1c2ccccc2[C@]2(C(=O)c3ccc(C(F)(F)F)cc3)[C@@H](c3ccccn3)C[C@]12C. The van der Waals surface area contributed by atoms with Crippen molar-refractivity contribution >= 4 is 17.4 Å². The lowest BCUT2D eigenvalue weighted by Gasteiger charge is -2.60. The number of fused-ring (bicyclic) bond motifs is 3. The van der Waals surface area contributed by atoms with Crippen molar-refractivity contribution < 1.29 is 22.8 Å². The maximum absolute atomic E-state index is 14.3. The van der Waals surface area contributed by atoms with E-state index in [1.807, 2.05) is 43.3 Å². The molecule has 7 heteroatoms. The molecule has 3 atom stereocenters. The molecule has 1 amide bonds. The third-order valence-corrected chi connectivity index (χ3v) is 7.23. The minimum Gasteiger partial charge on any atom is -0.305 e. The highest BCUT2D eigenvalue weighted by molar-refractivity contribution is 6.13. The molecule has 0 unspecified atom stereocenters. The Morgan fingerprint density at radius 3 is 2.27 bits per heavy atom. The predicted molar refractivity (Wildman–Crippen MR) is 117 cm³/mol. The number of benzene rings is 2. The number of nitrogens with zero attached hydrogens (tertiary/aromatic N) is 2. The zero-order valence-corrected chi connectivity index (χ0v) is 18.1. The zero-order valence-electron chi connectivity index (χ0n) is 18.1. The summed E-state index contributed by atoms with van der Waals surface area (Å²) in [6, 6.07) is 17.1. The topological polar surface area (TPSA) is 50.3 Å². The van der Waals surface area contributed by atoms with Crippen LogP contribution in [-0.4, -0.2) is 22.2 Å². The van der Waals surface area contributed by atoms with Crippen LogP contribution in [0, 0.1) is 0 Å². The van der Waals surface area contributed by atoms with Gasteiger partial charge in [-0.15, -0.1) is 0 Å². The van der Waals surface area contributed by atoms with Gasteiger partial charge in [0.15, 0.2) is 5.78 Å². The highest BCUT2D eigenvalue weighted by Gasteiger charge is 2.75. The van der Waals surface area contributed by atoms with E-state index in [-0.39, 0.29) is 23.2 Å². The van der Waals surface area contributed by atoms with Gasteiger partial charge in [-0.2, -0.15) is 13.2 Å². The molecule has 3 aromatic rings. The first-order valence-electron chi connectivity index (χ1n) is 10.7. The molecule has 5 rings (SSSR count). The number of carbonyl (C=O) groups excluding carboxylic acids is 2. The Bertz CT molecular complexity index is 1260. The van der Waals surface area contributed by atoms with Crippen LogP contribution in [0.4, 0.5) is 18.9 Å². The maximum atomic E-state index is 14.3. The Kier molecular flexibility index (Phi) is 4.54. The Labute approximate surface area is 189 Å². The summed E-state index contributed by atoms with van der Waals surface area (Å²) in [7, 11) is 0. The number of alkyl halides is 3. The Balaban J connectivity index is 1.73. The number of hydrogen-bond donors (Lipinski definition) is 0. The fraction of sp³-hybridized carbons (Fsp3) is 0.269. The number of pyridine rings is 1. The lowest BCUT2D eigenvalue weighted by atomic mass is 9.44. The molecule has 2 heterocycles. The van der Waals surface area contributed by atoms with Crippen LogP contribution in [0.5, 0.6) is 0 Å². The Morgan fingerprint density at radius 2 is 1.67 bits per heavy atom. The van der Waals surface area contributed by atoms with Gasteiger partial charge in [0.25, 0.3) is 0 Å². The van der Waals surface area contributed by atoms with Crippen molar-refractivity contribution in [1.82, 2.24) is 4.98 Å². The second kappa shape index (κ2) is 7.01. The van der Waals surface area contributed by atoms with E-state index >= 15 is 0 Å². The fourth-order valence-electron chi connectivity index (χ4n) is 5.96. The number of halogens is 3. The van der Waals surface area contributed by atoms with Gasteiger partial charge in [-0.25, -0.2) is 0 Å². The first kappa shape index (κ1) is 21.4. The summed E-state index contributed by atoms with van der Waals surface area (Å²) >= 11 is 0. The molecule has 2 aliphatic rings. The number of Topliss-reactive ketones (excluding diaryl/α,β-unsaturated/α-hetero) is 1. The lowest BCUT2D eigenvalue weighted by Crippen LogP contribution is -2.71. The van der Waals surface area contributed by atoms with Gasteiger partial charge in [0.1, 0.15) is 0 Å². The summed E-state index contributed by atoms with van der Waals surface area (Å²) in [6.45, 7) is 3.35. The molecule has 1 aliphatic carbocycles. The van der Waals surface area contributed by atoms with Crippen molar-refractivity contribution in [3.8, 4) is 0 Å². The number of aromatic nitrogens is 1. The smallest absolute Gasteiger partial charge is 0.305 e. The van der Waals surface area contributed by atoms with E-state index in [0.29, 0.717) is 17.7 Å². The number of carbonyl (C=O) groups is 2. The molecule has 4 nitrogen and oxygen atoms in total. The normalized spacial score (nSPS) is 25.7. The van der Waals surface area contributed by atoms with Crippen molar-refractivity contribution in [2.75, 3.05) is 4.90 Å². The molecule has 1 aliphatic heterocycles. The van der Waals surface area contributed by atoms with Crippen LogP contribution in [-0.2, 0) is 16.4 Å². The monoisotopic (exact) mass is 450 g/mol. The lowest BCUT2D eigenvalue weighted by molar-refractivity contribution is -0.137. The molecule has 1 aromatic heterocycles. The van der Waals surface area contributed by atoms with Gasteiger partial charge < -0.3 is 4.90 Å². The average molecular weight is 450 g/mol. The molecule has 1 saturated carbocycles. The Morgan fingerprint density at radius 1 is 1.00 bits per heavy atom. The number of amides is 1. The summed E-state index contributed by atoms with van der Waals surface area (Å²) in [6.07, 6.45) is -2.33. The summed E-state index contributed by atoms with van der Waals surface area (Å²) in [5, 5.41) is 0. The third-order valence-electron chi connectivity index (χ3n) is 7.23. The zero-order chi connectivity index (χ0) is 23.6. The highest BCUT2D eigenvalue weighted by Crippen LogP contribution is 2.70. The van der Waals surface area contributed by atoms with Gasteiger partial charge in [0.05, 0.1) is 16.5 Å². The molecule has 0 saturated heterocycles. The summed E-state index contributed by atoms with van der Waals surface area (Å²) < 4.78 is 39.3. The van der Waals surface area contributed by atoms with E-state index in [1.165, 1.54) is 19.1 Å². The number of rotatable bonds is 3. The number of anilines is 1. The van der Waals surface area contributed by atoms with Crippen LogP contribution in [0.25, 0.3) is 0 Å². The van der Waals surface area contributed by atoms with E-state index in [1.54, 1.807) is 17.2 Å². The Hall–Kier alpha value is -3.48. The van der Waals surface area contributed by atoms with Crippen LogP contribution in [0.3, 0.4) is 0 Å². The van der Waals surface area contributed by atoms with Crippen LogP contribution >= 0.6 is 0 Å². The van der Waals surface area contributed by atoms with Gasteiger partial charge in [0.2, 0.25) is 5.91 Å². The predicted octanol–water partition coefficient (Wildman–Crippen LogP) is 5.53. The number of hydrogen-bond acceptors (Lipinski definition) is 3. The molecular weight excluding hydrogens is 429 g/mol. The van der Waals surface area contributed by atoms with Gasteiger partial charge >= 0.3 is 6.18 Å². The molecule has 1 fully saturated rings. The van der Waals surface area contributed by atoms with E-state index in [4.69, 9.17) is 0 Å². The van der Waals surface area contributed by atoms with Crippen molar-refractivity contribution in [2.24, 2.45) is 0 Å². The van der Waals surface area contributed by atoms with E-state index in [0.717, 1.165) is 17.8 Å². The quantitative estimate of drug-likeness (QED) is 0.493. The van der Waals surface area contributed by atoms with Gasteiger partial charge in [-0.1, -0.05) is 36.4 Å². The largest absolute Gasteiger partial charge is 0.416 e. The second-order valence-corrected chi connectivity index (χ2v) is 8.87. The molecule has 0 bridgehead atoms. The first-order chi connectivity index (χ1) is 15.6. The van der Waals surface area contributed by atoms with Crippen LogP contribution in [0.15, 0.2) is 72.9 Å². The third kappa shape index (κ3) is 2.74. The van der Waals surface area contributed by atoms with Gasteiger partial charge in [-0.3, -0.25) is 14.6 Å². The molecule has 0 spiro atoms. The molecule has 0 N–H and O–H groups in total. The molecule has 2 aromatic carbocycles. The summed E-state index contributed by atoms with van der Waals surface area (Å²) in [4.78, 5) is 33.2. The standard InChI is InChI=1S/C26H21F3N2O2/c1-16(32)31-22-9-4-3-7-19(22)25(20(15-24(25,31)2)21-8-5-6-14-30-21)23(33)17-10-12-18(13-11-17)26(27,28)29/h3-14,20H,15H2,1-2H3/t20-,24+,25-/m1/s1. The number of ketones is 1. The van der Waals surface area contributed by atoms with Crippen LogP contribution in [0.1, 0.15) is 53.4 Å². The minimum absolute atomic E-state index is 0.176. The molecule has 0 radical (unpaired) electrons. The highest BCUT2D eigenvalue weighted by atomic mass is 19.4. The van der Waals surface area contributed by atoms with E-state index in [2.05, 4.69) is 4.98 Å². The van der Waals surface area contributed by atoms with Crippen molar-refractivity contribution in [2.45, 2.75) is 43.3 Å². The van der Waals surface area contributed by atoms with Gasteiger partial charge in [0, 0.05) is 36.0 Å². The average Bonchev–Trinajstić information content (AvgIpc) is 2.95. The van der Waals surface area contributed by atoms with Crippen LogP contribution < -0.4 is 4.90 Å². The fourth-order valence-corrected chi connectivity index (χ4v) is 5.96. The minimum atomic E-state index is -4.49. The van der Waals surface area contributed by atoms with E-state index in [9.17, 15) is 22.8 Å². The summed E-state index contributed by atoms with van der Waals surface area (Å²) in [5.41, 5.74) is -0.592. The molecular formula is C26H21F3N2O2. The van der Waals surface area contributed by atoms with Crippen molar-refractivity contribution in [3.63, 3.8) is 0 Å². The maximum Gasteiger partial charge on any atom is 0.416 e. The van der Waals surface area contributed by atoms with E-state index < -0.39 is 22.7 Å². The molecule has 33 heavy (non-hydrogen) atoms. The summed E-state index contributed by atoms with van der Waals surface area (Å²) in [5.74, 6) is -0.827. The first-order valence-corrected chi connectivity index (χ1v) is 10.7. The van der Waals surface area contributed by atoms with Gasteiger partial charge in [-0.05, 0) is 49.2 Å². The van der Waals surface area contributed by atoms with Crippen molar-refractivity contribution in [1.29, 1.82) is 0 Å². The number of para-hydroxylation sites is 1.